The lowest BCUT2D eigenvalue weighted by Crippen LogP contribution is -2.44. The molecule has 130 valence electrons. The highest BCUT2D eigenvalue weighted by Crippen LogP contribution is 2.34. The van der Waals surface area contributed by atoms with Gasteiger partial charge in [0.2, 0.25) is 5.11 Å². The smallest absolute Gasteiger partial charge is 0.207 e. The highest BCUT2D eigenvalue weighted by Gasteiger charge is 2.28. The second-order valence-electron chi connectivity index (χ2n) is 5.98. The molecule has 1 aromatic carbocycles. The van der Waals surface area contributed by atoms with Gasteiger partial charge in [-0.3, -0.25) is 4.99 Å². The van der Waals surface area contributed by atoms with Crippen LogP contribution in [-0.2, 0) is 0 Å². The number of guanidine groups is 1. The van der Waals surface area contributed by atoms with E-state index in [1.165, 1.54) is 19.3 Å². The fourth-order valence-electron chi connectivity index (χ4n) is 3.28. The van der Waals surface area contributed by atoms with Crippen molar-refractivity contribution in [2.75, 3.05) is 23.3 Å². The number of rotatable bonds is 3. The fourth-order valence-corrected chi connectivity index (χ4v) is 3.69. The van der Waals surface area contributed by atoms with Gasteiger partial charge in [-0.15, -0.1) is 0 Å². The Balaban J connectivity index is 1.92. The van der Waals surface area contributed by atoms with E-state index in [0.717, 1.165) is 47.2 Å². The van der Waals surface area contributed by atoms with E-state index in [1.807, 2.05) is 24.3 Å². The minimum Gasteiger partial charge on any atom is -0.354 e. The summed E-state index contributed by atoms with van der Waals surface area (Å²) < 4.78 is 0.978. The molecule has 0 amide bonds. The quantitative estimate of drug-likeness (QED) is 0.605. The number of nitrogens with zero attached hydrogens (tertiary/aromatic N) is 3. The Morgan fingerprint density at radius 3 is 2.62 bits per heavy atom. The Hall–Kier alpha value is -1.24. The Kier molecular flexibility index (Phi) is 6.03. The Labute approximate surface area is 158 Å². The monoisotopic (exact) mass is 385 g/mol. The molecular formula is C16H21Cl2N5S. The zero-order valence-corrected chi connectivity index (χ0v) is 15.7. The van der Waals surface area contributed by atoms with Crippen LogP contribution < -0.4 is 15.5 Å². The Bertz CT molecular complexity index is 616. The SMILES string of the molecule is S=C(N(Cl)Cl)N(c1ccccc1NC1=NCCN1)C1CCCCC1. The summed E-state index contributed by atoms with van der Waals surface area (Å²) in [6.07, 6.45) is 5.81. The second-order valence-corrected chi connectivity index (χ2v) is 7.19. The van der Waals surface area contributed by atoms with E-state index in [1.54, 1.807) is 0 Å². The minimum atomic E-state index is 0.299. The van der Waals surface area contributed by atoms with E-state index >= 15 is 0 Å². The molecule has 0 saturated heterocycles. The molecule has 1 saturated carbocycles. The molecule has 0 radical (unpaired) electrons. The lowest BCUT2D eigenvalue weighted by Gasteiger charge is -2.37. The first-order chi connectivity index (χ1) is 11.7. The molecule has 8 heteroatoms. The van der Waals surface area contributed by atoms with Gasteiger partial charge in [0.15, 0.2) is 5.96 Å². The van der Waals surface area contributed by atoms with Gasteiger partial charge < -0.3 is 15.5 Å². The first-order valence-electron chi connectivity index (χ1n) is 8.26. The van der Waals surface area contributed by atoms with Crippen molar-refractivity contribution in [3.8, 4) is 0 Å². The zero-order valence-electron chi connectivity index (χ0n) is 13.3. The number of benzene rings is 1. The molecule has 1 heterocycles. The third-order valence-corrected chi connectivity index (χ3v) is 5.28. The summed E-state index contributed by atoms with van der Waals surface area (Å²) in [6.45, 7) is 1.64. The Morgan fingerprint density at radius 1 is 1.21 bits per heavy atom. The normalized spacial score (nSPS) is 17.8. The average Bonchev–Trinajstić information content (AvgIpc) is 3.10. The molecule has 1 fully saturated rings. The van der Waals surface area contributed by atoms with Crippen molar-refractivity contribution < 1.29 is 0 Å². The topological polar surface area (TPSA) is 42.9 Å². The third-order valence-electron chi connectivity index (χ3n) is 4.38. The number of aliphatic imine (C=N–C) groups is 1. The van der Waals surface area contributed by atoms with Crippen LogP contribution in [0.15, 0.2) is 29.3 Å². The maximum absolute atomic E-state index is 5.97. The summed E-state index contributed by atoms with van der Waals surface area (Å²) in [4.78, 5) is 6.48. The van der Waals surface area contributed by atoms with Crippen molar-refractivity contribution in [1.29, 1.82) is 0 Å². The molecule has 2 aliphatic rings. The van der Waals surface area contributed by atoms with Crippen LogP contribution in [0.25, 0.3) is 0 Å². The van der Waals surface area contributed by atoms with E-state index in [2.05, 4.69) is 20.5 Å². The van der Waals surface area contributed by atoms with Crippen LogP contribution in [0.4, 0.5) is 11.4 Å². The van der Waals surface area contributed by atoms with E-state index in [-0.39, 0.29) is 0 Å². The lowest BCUT2D eigenvalue weighted by molar-refractivity contribution is 0.438. The van der Waals surface area contributed by atoms with Crippen molar-refractivity contribution in [2.24, 2.45) is 4.99 Å². The molecule has 1 aliphatic carbocycles. The van der Waals surface area contributed by atoms with Crippen molar-refractivity contribution in [1.82, 2.24) is 9.25 Å². The number of para-hydroxylation sites is 2. The molecular weight excluding hydrogens is 365 g/mol. The number of nitrogens with one attached hydrogen (secondary N) is 2. The maximum Gasteiger partial charge on any atom is 0.207 e. The average molecular weight is 386 g/mol. The summed E-state index contributed by atoms with van der Waals surface area (Å²) in [5, 5.41) is 6.99. The van der Waals surface area contributed by atoms with Gasteiger partial charge in [0.25, 0.3) is 0 Å². The van der Waals surface area contributed by atoms with Crippen LogP contribution >= 0.6 is 35.8 Å². The standard InChI is InChI=1S/C16H21Cl2N5S/c17-23(18)16(24)22(12-6-2-1-3-7-12)14-9-5-4-8-13(14)21-15-19-10-11-20-15/h4-5,8-9,12H,1-3,6-7,10-11H2,(H2,19,20,21). The highest BCUT2D eigenvalue weighted by molar-refractivity contribution is 7.80. The van der Waals surface area contributed by atoms with Crippen LogP contribution in [0.5, 0.6) is 0 Å². The maximum atomic E-state index is 5.97. The predicted octanol–water partition coefficient (Wildman–Crippen LogP) is 4.09. The molecule has 3 rings (SSSR count). The molecule has 0 aromatic heterocycles. The van der Waals surface area contributed by atoms with Gasteiger partial charge in [0, 0.05) is 36.1 Å². The summed E-state index contributed by atoms with van der Waals surface area (Å²) in [5.41, 5.74) is 1.91. The van der Waals surface area contributed by atoms with Gasteiger partial charge in [-0.05, 0) is 37.2 Å². The van der Waals surface area contributed by atoms with Crippen LogP contribution in [-0.4, -0.2) is 34.1 Å². The van der Waals surface area contributed by atoms with Gasteiger partial charge in [0.1, 0.15) is 0 Å². The van der Waals surface area contributed by atoms with E-state index in [9.17, 15) is 0 Å². The summed E-state index contributed by atoms with van der Waals surface area (Å²) >= 11 is 17.5. The van der Waals surface area contributed by atoms with Gasteiger partial charge in [-0.2, -0.15) is 3.94 Å². The number of anilines is 2. The largest absolute Gasteiger partial charge is 0.354 e. The molecule has 24 heavy (non-hydrogen) atoms. The molecule has 0 spiro atoms. The molecule has 0 unspecified atom stereocenters. The molecule has 1 aliphatic heterocycles. The van der Waals surface area contributed by atoms with Crippen LogP contribution in [0, 0.1) is 0 Å². The van der Waals surface area contributed by atoms with E-state index in [0.29, 0.717) is 11.2 Å². The molecule has 0 atom stereocenters. The molecule has 5 nitrogen and oxygen atoms in total. The van der Waals surface area contributed by atoms with Crippen LogP contribution in [0.1, 0.15) is 32.1 Å². The van der Waals surface area contributed by atoms with Crippen molar-refractivity contribution in [3.05, 3.63) is 24.3 Å². The summed E-state index contributed by atoms with van der Waals surface area (Å²) in [5.74, 6) is 0.783. The summed E-state index contributed by atoms with van der Waals surface area (Å²) in [6, 6.07) is 8.34. The number of hydrogen-bond acceptors (Lipinski definition) is 4. The molecule has 1 aromatic rings. The van der Waals surface area contributed by atoms with Crippen molar-refractivity contribution in [2.45, 2.75) is 38.1 Å². The molecule has 0 bridgehead atoms. The van der Waals surface area contributed by atoms with Crippen molar-refractivity contribution in [3.63, 3.8) is 0 Å². The fraction of sp³-hybridized carbons (Fsp3) is 0.500. The van der Waals surface area contributed by atoms with Crippen LogP contribution in [0.2, 0.25) is 0 Å². The number of hydrogen-bond donors (Lipinski definition) is 2. The van der Waals surface area contributed by atoms with Crippen molar-refractivity contribution >= 4 is 58.2 Å². The minimum absolute atomic E-state index is 0.299. The first kappa shape index (κ1) is 17.6. The first-order valence-corrected chi connectivity index (χ1v) is 9.34. The van der Waals surface area contributed by atoms with E-state index in [4.69, 9.17) is 35.8 Å². The van der Waals surface area contributed by atoms with Gasteiger partial charge in [-0.1, -0.05) is 31.4 Å². The summed E-state index contributed by atoms with van der Waals surface area (Å²) in [7, 11) is 0. The predicted molar refractivity (Wildman–Crippen MR) is 106 cm³/mol. The third kappa shape index (κ3) is 4.05. The highest BCUT2D eigenvalue weighted by atomic mass is 35.5. The molecule has 2 N–H and O–H groups in total. The van der Waals surface area contributed by atoms with Gasteiger partial charge >= 0.3 is 0 Å². The van der Waals surface area contributed by atoms with Gasteiger partial charge in [0.05, 0.1) is 17.9 Å². The number of thiocarbonyl (C=S) groups is 1. The second kappa shape index (κ2) is 8.23. The van der Waals surface area contributed by atoms with Crippen LogP contribution in [0.3, 0.4) is 0 Å². The lowest BCUT2D eigenvalue weighted by atomic mass is 9.94. The zero-order chi connectivity index (χ0) is 16.9. The Morgan fingerprint density at radius 2 is 1.96 bits per heavy atom. The van der Waals surface area contributed by atoms with E-state index < -0.39 is 0 Å². The van der Waals surface area contributed by atoms with Gasteiger partial charge in [-0.25, -0.2) is 0 Å². The number of halogens is 2.